The summed E-state index contributed by atoms with van der Waals surface area (Å²) in [5.74, 6) is -5.78. The monoisotopic (exact) mass is 408 g/mol. The van der Waals surface area contributed by atoms with Gasteiger partial charge in [-0.05, 0) is 18.8 Å². The standard InChI is InChI=1S/C17H15F3N6O3/c18-10-4-9(5-11(19)13(10)20)26-22-6-12(25-26)14(27)21-7-17(8-2-1-3-8)15(28)23-16(29)24-17/h4-6,8H,1-3,7H2,(H,21,27)(H2,23,24,28,29). The second kappa shape index (κ2) is 6.87. The molecule has 0 radical (unpaired) electrons. The molecule has 1 aromatic heterocycles. The van der Waals surface area contributed by atoms with Gasteiger partial charge in [-0.3, -0.25) is 14.9 Å². The highest BCUT2D eigenvalue weighted by molar-refractivity contribution is 6.08. The number of carbonyl (C=O) groups is 3. The molecular weight excluding hydrogens is 393 g/mol. The minimum Gasteiger partial charge on any atom is -0.348 e. The number of nitrogens with zero attached hydrogens (tertiary/aromatic N) is 3. The van der Waals surface area contributed by atoms with Gasteiger partial charge in [0.25, 0.3) is 11.8 Å². The summed E-state index contributed by atoms with van der Waals surface area (Å²) >= 11 is 0. The molecule has 1 aliphatic carbocycles. The van der Waals surface area contributed by atoms with E-state index in [2.05, 4.69) is 26.1 Å². The Morgan fingerprint density at radius 3 is 2.48 bits per heavy atom. The lowest BCUT2D eigenvalue weighted by Crippen LogP contribution is -2.61. The van der Waals surface area contributed by atoms with Crippen LogP contribution in [0.3, 0.4) is 0 Å². The summed E-state index contributed by atoms with van der Waals surface area (Å²) in [4.78, 5) is 37.1. The van der Waals surface area contributed by atoms with Gasteiger partial charge in [-0.1, -0.05) is 6.42 Å². The molecule has 1 saturated heterocycles. The smallest absolute Gasteiger partial charge is 0.322 e. The Bertz CT molecular complexity index is 999. The van der Waals surface area contributed by atoms with E-state index in [1.54, 1.807) is 0 Å². The lowest BCUT2D eigenvalue weighted by atomic mass is 9.70. The molecule has 1 aliphatic heterocycles. The molecule has 2 aromatic rings. The largest absolute Gasteiger partial charge is 0.348 e. The van der Waals surface area contributed by atoms with Crippen LogP contribution in [0.1, 0.15) is 29.8 Å². The summed E-state index contributed by atoms with van der Waals surface area (Å²) in [6.07, 6.45) is 3.45. The minimum absolute atomic E-state index is 0.102. The van der Waals surface area contributed by atoms with Crippen LogP contribution < -0.4 is 16.0 Å². The van der Waals surface area contributed by atoms with E-state index in [1.807, 2.05) is 0 Å². The van der Waals surface area contributed by atoms with E-state index in [-0.39, 0.29) is 23.8 Å². The predicted octanol–water partition coefficient (Wildman–Crippen LogP) is 0.793. The molecule has 1 aromatic carbocycles. The van der Waals surface area contributed by atoms with E-state index in [9.17, 15) is 27.6 Å². The molecule has 2 aliphatic rings. The molecule has 1 atom stereocenters. The predicted molar refractivity (Wildman–Crippen MR) is 90.3 cm³/mol. The first-order valence-electron chi connectivity index (χ1n) is 8.79. The molecule has 3 N–H and O–H groups in total. The van der Waals surface area contributed by atoms with Gasteiger partial charge in [0.2, 0.25) is 0 Å². The van der Waals surface area contributed by atoms with Gasteiger partial charge in [0.05, 0.1) is 18.4 Å². The van der Waals surface area contributed by atoms with Crippen LogP contribution in [0.15, 0.2) is 18.3 Å². The fourth-order valence-corrected chi connectivity index (χ4v) is 3.42. The third-order valence-electron chi connectivity index (χ3n) is 5.22. The lowest BCUT2D eigenvalue weighted by molar-refractivity contribution is -0.126. The Kier molecular flexibility index (Phi) is 4.47. The van der Waals surface area contributed by atoms with Crippen molar-refractivity contribution in [1.29, 1.82) is 0 Å². The highest BCUT2D eigenvalue weighted by Gasteiger charge is 2.53. The molecule has 9 nitrogen and oxygen atoms in total. The summed E-state index contributed by atoms with van der Waals surface area (Å²) in [5, 5.41) is 14.9. The van der Waals surface area contributed by atoms with E-state index in [1.165, 1.54) is 0 Å². The van der Waals surface area contributed by atoms with E-state index in [4.69, 9.17) is 0 Å². The molecule has 1 saturated carbocycles. The normalized spacial score (nSPS) is 21.5. The number of rotatable bonds is 5. The average molecular weight is 408 g/mol. The van der Waals surface area contributed by atoms with E-state index < -0.39 is 40.8 Å². The van der Waals surface area contributed by atoms with Crippen molar-refractivity contribution in [3.8, 4) is 5.69 Å². The van der Waals surface area contributed by atoms with Crippen molar-refractivity contribution in [2.75, 3.05) is 6.54 Å². The van der Waals surface area contributed by atoms with Crippen LogP contribution in [0.4, 0.5) is 18.0 Å². The van der Waals surface area contributed by atoms with Gasteiger partial charge in [0.1, 0.15) is 5.54 Å². The van der Waals surface area contributed by atoms with Crippen molar-refractivity contribution >= 4 is 17.8 Å². The van der Waals surface area contributed by atoms with Crippen molar-refractivity contribution in [1.82, 2.24) is 30.9 Å². The van der Waals surface area contributed by atoms with E-state index >= 15 is 0 Å². The van der Waals surface area contributed by atoms with E-state index in [0.717, 1.165) is 30.3 Å². The third-order valence-corrected chi connectivity index (χ3v) is 5.22. The second-order valence-electron chi connectivity index (χ2n) is 6.93. The number of imide groups is 1. The number of carbonyl (C=O) groups excluding carboxylic acids is 3. The number of benzene rings is 1. The Balaban J connectivity index is 1.50. The van der Waals surface area contributed by atoms with Crippen LogP contribution in [0.25, 0.3) is 5.69 Å². The van der Waals surface area contributed by atoms with Crippen LogP contribution >= 0.6 is 0 Å². The average Bonchev–Trinajstić information content (AvgIpc) is 3.21. The van der Waals surface area contributed by atoms with Gasteiger partial charge in [-0.2, -0.15) is 9.90 Å². The van der Waals surface area contributed by atoms with Crippen molar-refractivity contribution < 1.29 is 27.6 Å². The van der Waals surface area contributed by atoms with Gasteiger partial charge >= 0.3 is 6.03 Å². The number of hydrogen-bond acceptors (Lipinski definition) is 5. The van der Waals surface area contributed by atoms with Gasteiger partial charge in [-0.15, -0.1) is 5.10 Å². The van der Waals surface area contributed by atoms with Gasteiger partial charge in [-0.25, -0.2) is 18.0 Å². The van der Waals surface area contributed by atoms with Crippen LogP contribution in [0, 0.1) is 23.4 Å². The summed E-state index contributed by atoms with van der Waals surface area (Å²) in [6.45, 7) is -0.152. The minimum atomic E-state index is -1.63. The van der Waals surface area contributed by atoms with Gasteiger partial charge in [0.15, 0.2) is 23.1 Å². The first-order valence-corrected chi connectivity index (χ1v) is 8.79. The number of aromatic nitrogens is 3. The Morgan fingerprint density at radius 2 is 1.93 bits per heavy atom. The molecule has 0 spiro atoms. The number of hydrogen-bond donors (Lipinski definition) is 3. The van der Waals surface area contributed by atoms with Crippen molar-refractivity contribution in [2.45, 2.75) is 24.8 Å². The lowest BCUT2D eigenvalue weighted by Gasteiger charge is -2.40. The maximum atomic E-state index is 13.4. The zero-order valence-electron chi connectivity index (χ0n) is 14.8. The molecular formula is C17H15F3N6O3. The molecule has 152 valence electrons. The first kappa shape index (κ1) is 18.9. The van der Waals surface area contributed by atoms with Crippen LogP contribution in [0.2, 0.25) is 0 Å². The quantitative estimate of drug-likeness (QED) is 0.500. The molecule has 2 heterocycles. The molecule has 2 fully saturated rings. The summed E-state index contributed by atoms with van der Waals surface area (Å²) in [7, 11) is 0. The Hall–Kier alpha value is -3.44. The van der Waals surface area contributed by atoms with Crippen molar-refractivity contribution in [3.05, 3.63) is 41.5 Å². The SMILES string of the molecule is O=C1NC(=O)C(CNC(=O)c2cnn(-c3cc(F)c(F)c(F)c3)n2)(C2CCC2)N1. The van der Waals surface area contributed by atoms with Crippen molar-refractivity contribution in [3.63, 3.8) is 0 Å². The molecule has 4 amide bonds. The van der Waals surface area contributed by atoms with Gasteiger partial charge < -0.3 is 10.6 Å². The number of halogens is 3. The Labute approximate surface area is 161 Å². The number of amides is 4. The first-order chi connectivity index (χ1) is 13.8. The molecule has 0 bridgehead atoms. The topological polar surface area (TPSA) is 118 Å². The van der Waals surface area contributed by atoms with Crippen LogP contribution in [0.5, 0.6) is 0 Å². The maximum Gasteiger partial charge on any atom is 0.322 e. The molecule has 29 heavy (non-hydrogen) atoms. The molecule has 12 heteroatoms. The van der Waals surface area contributed by atoms with Gasteiger partial charge in [0, 0.05) is 12.1 Å². The summed E-state index contributed by atoms with van der Waals surface area (Å²) in [5.41, 5.74) is -1.64. The van der Waals surface area contributed by atoms with Crippen LogP contribution in [-0.2, 0) is 4.79 Å². The highest BCUT2D eigenvalue weighted by atomic mass is 19.2. The Morgan fingerprint density at radius 1 is 1.24 bits per heavy atom. The maximum absolute atomic E-state index is 13.4. The summed E-state index contributed by atoms with van der Waals surface area (Å²) in [6, 6.07) is 0.746. The third kappa shape index (κ3) is 3.19. The van der Waals surface area contributed by atoms with Crippen LogP contribution in [-0.4, -0.2) is 44.9 Å². The highest BCUT2D eigenvalue weighted by Crippen LogP contribution is 2.37. The second-order valence-corrected chi connectivity index (χ2v) is 6.93. The van der Waals surface area contributed by atoms with Crippen molar-refractivity contribution in [2.24, 2.45) is 5.92 Å². The zero-order chi connectivity index (χ0) is 20.8. The number of urea groups is 1. The number of nitrogens with one attached hydrogen (secondary N) is 3. The fraction of sp³-hybridized carbons (Fsp3) is 0.353. The fourth-order valence-electron chi connectivity index (χ4n) is 3.42. The molecule has 4 rings (SSSR count). The zero-order valence-corrected chi connectivity index (χ0v) is 14.8. The molecule has 1 unspecified atom stereocenters. The summed E-state index contributed by atoms with van der Waals surface area (Å²) < 4.78 is 39.8. The van der Waals surface area contributed by atoms with E-state index in [0.29, 0.717) is 12.1 Å².